The quantitative estimate of drug-likeness (QED) is 0.810. The molecule has 0 atom stereocenters. The van der Waals surface area contributed by atoms with Gasteiger partial charge in [-0.3, -0.25) is 4.79 Å². The summed E-state index contributed by atoms with van der Waals surface area (Å²) in [5, 5.41) is 2.92. The topological polar surface area (TPSA) is 63.2 Å². The Bertz CT molecular complexity index is 865. The molecule has 4 nitrogen and oxygen atoms in total. The highest BCUT2D eigenvalue weighted by molar-refractivity contribution is 7.89. The van der Waals surface area contributed by atoms with Crippen LogP contribution in [0.25, 0.3) is 0 Å². The molecule has 2 aromatic carbocycles. The van der Waals surface area contributed by atoms with E-state index in [9.17, 15) is 13.2 Å². The van der Waals surface area contributed by atoms with E-state index in [2.05, 4.69) is 17.4 Å². The number of hydrogen-bond acceptors (Lipinski definition) is 3. The molecule has 1 amide bonds. The van der Waals surface area contributed by atoms with Gasteiger partial charge in [-0.15, -0.1) is 0 Å². The molecule has 0 aromatic heterocycles. The minimum Gasteiger partial charge on any atom is -0.348 e. The van der Waals surface area contributed by atoms with E-state index in [-0.39, 0.29) is 11.7 Å². The minimum absolute atomic E-state index is 0.0347. The number of benzene rings is 2. The van der Waals surface area contributed by atoms with Gasteiger partial charge in [0.05, 0.1) is 5.75 Å². The number of hydrogen-bond donors (Lipinski definition) is 1. The van der Waals surface area contributed by atoms with Gasteiger partial charge in [-0.05, 0) is 47.6 Å². The van der Waals surface area contributed by atoms with Crippen molar-refractivity contribution in [3.8, 4) is 0 Å². The molecule has 1 fully saturated rings. The van der Waals surface area contributed by atoms with E-state index in [4.69, 9.17) is 0 Å². The molecule has 0 bridgehead atoms. The Balaban J connectivity index is 1.54. The van der Waals surface area contributed by atoms with Gasteiger partial charge in [0, 0.05) is 18.4 Å². The van der Waals surface area contributed by atoms with Gasteiger partial charge >= 0.3 is 0 Å². The summed E-state index contributed by atoms with van der Waals surface area (Å²) in [6.07, 6.45) is 7.67. The fourth-order valence-corrected chi connectivity index (χ4v) is 4.48. The second-order valence-electron chi connectivity index (χ2n) is 7.53. The lowest BCUT2D eigenvalue weighted by Gasteiger charge is -2.22. The normalized spacial score (nSPS) is 15.4. The summed E-state index contributed by atoms with van der Waals surface area (Å²) in [7, 11) is -3.03. The van der Waals surface area contributed by atoms with Crippen LogP contribution < -0.4 is 5.32 Å². The predicted octanol–water partition coefficient (Wildman–Crippen LogP) is 4.21. The molecule has 1 N–H and O–H groups in total. The van der Waals surface area contributed by atoms with Crippen LogP contribution in [0.2, 0.25) is 0 Å². The van der Waals surface area contributed by atoms with Gasteiger partial charge in [0.25, 0.3) is 5.91 Å². The van der Waals surface area contributed by atoms with E-state index in [0.717, 1.165) is 11.1 Å². The average Bonchev–Trinajstić information content (AvgIpc) is 2.67. The highest BCUT2D eigenvalue weighted by atomic mass is 32.2. The third-order valence-corrected chi connectivity index (χ3v) is 6.01. The predicted molar refractivity (Wildman–Crippen MR) is 108 cm³/mol. The van der Waals surface area contributed by atoms with Crippen LogP contribution in [0.5, 0.6) is 0 Å². The third-order valence-electron chi connectivity index (χ3n) is 5.15. The maximum atomic E-state index is 12.4. The summed E-state index contributed by atoms with van der Waals surface area (Å²) < 4.78 is 22.7. The zero-order chi connectivity index (χ0) is 19.3. The number of sulfone groups is 1. The first-order chi connectivity index (χ1) is 12.9. The zero-order valence-electron chi connectivity index (χ0n) is 15.8. The SMILES string of the molecule is CS(=O)(=O)Cc1ccc(CNC(=O)c2ccc(C3CCCCC3)cc2)cc1. The largest absolute Gasteiger partial charge is 0.348 e. The molecule has 0 saturated heterocycles. The average molecular weight is 386 g/mol. The van der Waals surface area contributed by atoms with Crippen LogP contribution >= 0.6 is 0 Å². The van der Waals surface area contributed by atoms with E-state index >= 15 is 0 Å². The zero-order valence-corrected chi connectivity index (χ0v) is 16.6. The summed E-state index contributed by atoms with van der Waals surface area (Å²) in [6.45, 7) is 0.419. The number of amides is 1. The molecule has 3 rings (SSSR count). The van der Waals surface area contributed by atoms with Crippen molar-refractivity contribution in [1.82, 2.24) is 5.32 Å². The lowest BCUT2D eigenvalue weighted by Crippen LogP contribution is -2.22. The molecule has 2 aromatic rings. The molecule has 0 heterocycles. The molecule has 0 radical (unpaired) electrons. The smallest absolute Gasteiger partial charge is 0.251 e. The second-order valence-corrected chi connectivity index (χ2v) is 9.67. The van der Waals surface area contributed by atoms with Crippen molar-refractivity contribution in [2.45, 2.75) is 50.3 Å². The molecular weight excluding hydrogens is 358 g/mol. The molecule has 1 saturated carbocycles. The number of rotatable bonds is 6. The van der Waals surface area contributed by atoms with Crippen molar-refractivity contribution in [3.05, 3.63) is 70.8 Å². The maximum Gasteiger partial charge on any atom is 0.251 e. The fraction of sp³-hybridized carbons (Fsp3) is 0.409. The van der Waals surface area contributed by atoms with E-state index in [0.29, 0.717) is 18.0 Å². The molecule has 1 aliphatic rings. The Hall–Kier alpha value is -2.14. The summed E-state index contributed by atoms with van der Waals surface area (Å²) in [4.78, 5) is 12.4. The Morgan fingerprint density at radius 2 is 1.52 bits per heavy atom. The first-order valence-electron chi connectivity index (χ1n) is 9.54. The van der Waals surface area contributed by atoms with Gasteiger partial charge in [0.2, 0.25) is 0 Å². The van der Waals surface area contributed by atoms with E-state index in [1.54, 1.807) is 12.1 Å². The van der Waals surface area contributed by atoms with Gasteiger partial charge in [0.1, 0.15) is 0 Å². The minimum atomic E-state index is -3.03. The van der Waals surface area contributed by atoms with Crippen LogP contribution in [0.1, 0.15) is 65.1 Å². The van der Waals surface area contributed by atoms with Crippen molar-refractivity contribution in [2.24, 2.45) is 0 Å². The first kappa shape index (κ1) is 19.6. The molecule has 0 unspecified atom stereocenters. The Morgan fingerprint density at radius 1 is 0.926 bits per heavy atom. The number of carbonyl (C=O) groups is 1. The molecule has 0 aliphatic heterocycles. The van der Waals surface area contributed by atoms with E-state index < -0.39 is 9.84 Å². The van der Waals surface area contributed by atoms with Crippen LogP contribution in [-0.4, -0.2) is 20.6 Å². The van der Waals surface area contributed by atoms with Gasteiger partial charge in [-0.25, -0.2) is 8.42 Å². The lowest BCUT2D eigenvalue weighted by molar-refractivity contribution is 0.0951. The summed E-state index contributed by atoms with van der Waals surface area (Å²) in [6, 6.07) is 15.3. The van der Waals surface area contributed by atoms with Crippen LogP contribution in [0.4, 0.5) is 0 Å². The lowest BCUT2D eigenvalue weighted by atomic mass is 9.84. The number of nitrogens with one attached hydrogen (secondary N) is 1. The molecule has 1 aliphatic carbocycles. The van der Waals surface area contributed by atoms with Gasteiger partial charge in [-0.2, -0.15) is 0 Å². The fourth-order valence-electron chi connectivity index (χ4n) is 3.68. The van der Waals surface area contributed by atoms with Gasteiger partial charge in [0.15, 0.2) is 9.84 Å². The first-order valence-corrected chi connectivity index (χ1v) is 11.6. The van der Waals surface area contributed by atoms with E-state index in [1.165, 1.54) is 43.9 Å². The van der Waals surface area contributed by atoms with Crippen LogP contribution in [0, 0.1) is 0 Å². The van der Waals surface area contributed by atoms with Crippen LogP contribution in [-0.2, 0) is 22.1 Å². The van der Waals surface area contributed by atoms with Crippen molar-refractivity contribution < 1.29 is 13.2 Å². The molecule has 144 valence electrons. The second kappa shape index (κ2) is 8.70. The van der Waals surface area contributed by atoms with Crippen molar-refractivity contribution in [3.63, 3.8) is 0 Å². The molecule has 5 heteroatoms. The van der Waals surface area contributed by atoms with Crippen molar-refractivity contribution in [1.29, 1.82) is 0 Å². The van der Waals surface area contributed by atoms with Crippen LogP contribution in [0.15, 0.2) is 48.5 Å². The van der Waals surface area contributed by atoms with Crippen molar-refractivity contribution in [2.75, 3.05) is 6.26 Å². The molecule has 0 spiro atoms. The van der Waals surface area contributed by atoms with Gasteiger partial charge < -0.3 is 5.32 Å². The van der Waals surface area contributed by atoms with Crippen molar-refractivity contribution >= 4 is 15.7 Å². The Morgan fingerprint density at radius 3 is 2.11 bits per heavy atom. The maximum absolute atomic E-state index is 12.4. The van der Waals surface area contributed by atoms with Gasteiger partial charge in [-0.1, -0.05) is 55.7 Å². The third kappa shape index (κ3) is 5.93. The summed E-state index contributed by atoms with van der Waals surface area (Å²) in [5.41, 5.74) is 3.71. The highest BCUT2D eigenvalue weighted by Crippen LogP contribution is 2.32. The monoisotopic (exact) mass is 385 g/mol. The highest BCUT2D eigenvalue weighted by Gasteiger charge is 2.16. The molecule has 27 heavy (non-hydrogen) atoms. The summed E-state index contributed by atoms with van der Waals surface area (Å²) >= 11 is 0. The van der Waals surface area contributed by atoms with Crippen LogP contribution in [0.3, 0.4) is 0 Å². The number of carbonyl (C=O) groups excluding carboxylic acids is 1. The van der Waals surface area contributed by atoms with E-state index in [1.807, 2.05) is 24.3 Å². The Labute approximate surface area is 161 Å². The summed E-state index contributed by atoms with van der Waals surface area (Å²) in [5.74, 6) is 0.583. The Kier molecular flexibility index (Phi) is 6.32. The molecular formula is C22H27NO3S. The standard InChI is InChI=1S/C22H27NO3S/c1-27(25,26)16-18-9-7-17(8-10-18)15-23-22(24)21-13-11-20(12-14-21)19-5-3-2-4-6-19/h7-14,19H,2-6,15-16H2,1H3,(H,23,24).